The smallest absolute Gasteiger partial charge is 0.207 e. The van der Waals surface area contributed by atoms with Crippen LogP contribution < -0.4 is 0 Å². The van der Waals surface area contributed by atoms with Gasteiger partial charge in [0.2, 0.25) is 10.0 Å². The van der Waals surface area contributed by atoms with E-state index in [0.29, 0.717) is 11.1 Å². The molecule has 0 spiro atoms. The molecule has 0 fully saturated rings. The number of aryl methyl sites for hydroxylation is 1. The first kappa shape index (κ1) is 17.7. The van der Waals surface area contributed by atoms with E-state index in [2.05, 4.69) is 15.9 Å². The van der Waals surface area contributed by atoms with Gasteiger partial charge in [0.15, 0.2) is 0 Å². The molecule has 0 saturated carbocycles. The van der Waals surface area contributed by atoms with Gasteiger partial charge in [0, 0.05) is 17.4 Å². The van der Waals surface area contributed by atoms with E-state index in [0.717, 1.165) is 7.05 Å². The lowest BCUT2D eigenvalue weighted by atomic mass is 10.2. The van der Waals surface area contributed by atoms with Crippen molar-refractivity contribution >= 4 is 37.6 Å². The van der Waals surface area contributed by atoms with E-state index < -0.39 is 22.7 Å². The molecule has 0 unspecified atom stereocenters. The van der Waals surface area contributed by atoms with Crippen LogP contribution in [0.15, 0.2) is 21.5 Å². The highest BCUT2D eigenvalue weighted by Gasteiger charge is 2.35. The number of alkyl halides is 4. The Bertz CT molecular complexity index is 604. The molecule has 0 aromatic heterocycles. The van der Waals surface area contributed by atoms with Crippen LogP contribution in [-0.4, -0.2) is 32.5 Å². The molecule has 0 radical (unpaired) electrons. The number of benzene rings is 1. The highest BCUT2D eigenvalue weighted by molar-refractivity contribution is 9.10. The van der Waals surface area contributed by atoms with Crippen molar-refractivity contribution in [2.75, 3.05) is 13.6 Å². The Morgan fingerprint density at radius 1 is 1.35 bits per heavy atom. The van der Waals surface area contributed by atoms with Gasteiger partial charge in [-0.25, -0.2) is 8.42 Å². The third-order valence-corrected chi connectivity index (χ3v) is 5.98. The first-order valence-electron chi connectivity index (χ1n) is 5.37. The molecule has 0 amide bonds. The Labute approximate surface area is 128 Å². The molecule has 1 aromatic rings. The molecule has 0 aliphatic heterocycles. The van der Waals surface area contributed by atoms with Gasteiger partial charge in [-0.1, -0.05) is 6.07 Å². The number of nitrogens with zero attached hydrogens (tertiary/aromatic N) is 1. The van der Waals surface area contributed by atoms with Crippen molar-refractivity contribution in [2.45, 2.75) is 23.9 Å². The van der Waals surface area contributed by atoms with Gasteiger partial charge in [-0.2, -0.15) is 17.5 Å². The molecule has 1 aromatic carbocycles. The van der Waals surface area contributed by atoms with Crippen LogP contribution in [0.3, 0.4) is 0 Å². The number of halogens is 5. The van der Waals surface area contributed by atoms with Gasteiger partial charge in [-0.3, -0.25) is 0 Å². The first-order valence-corrected chi connectivity index (χ1v) is 8.14. The van der Waals surface area contributed by atoms with Crippen molar-refractivity contribution in [3.63, 3.8) is 0 Å². The molecule has 3 nitrogen and oxygen atoms in total. The number of sulfonamides is 1. The summed E-state index contributed by atoms with van der Waals surface area (Å²) in [5, 5.41) is 0. The molecule has 0 aliphatic carbocycles. The fourth-order valence-corrected chi connectivity index (χ4v) is 3.92. The van der Waals surface area contributed by atoms with Gasteiger partial charge in [0.25, 0.3) is 0 Å². The molecule has 114 valence electrons. The minimum absolute atomic E-state index is 0.0691. The van der Waals surface area contributed by atoms with Crippen molar-refractivity contribution < 1.29 is 21.6 Å². The van der Waals surface area contributed by atoms with Gasteiger partial charge in [0.05, 0.1) is 4.90 Å². The number of hydrogen-bond donors (Lipinski definition) is 0. The summed E-state index contributed by atoms with van der Waals surface area (Å²) in [6, 6.07) is 2.94. The summed E-state index contributed by atoms with van der Waals surface area (Å²) < 4.78 is 61.9. The van der Waals surface area contributed by atoms with Crippen molar-refractivity contribution in [3.05, 3.63) is 27.7 Å². The maximum absolute atomic E-state index is 12.3. The molecule has 1 rings (SSSR count). The SMILES string of the molecule is Cc1cc(CCl)cc(S(=O)(=O)N(C)CC(F)(F)F)c1Br. The van der Waals surface area contributed by atoms with Crippen LogP contribution in [0, 0.1) is 6.92 Å². The minimum Gasteiger partial charge on any atom is -0.207 e. The largest absolute Gasteiger partial charge is 0.402 e. The van der Waals surface area contributed by atoms with E-state index in [1.54, 1.807) is 13.0 Å². The molecule has 9 heteroatoms. The van der Waals surface area contributed by atoms with Crippen LogP contribution in [-0.2, 0) is 15.9 Å². The molecular weight excluding hydrogens is 383 g/mol. The summed E-state index contributed by atoms with van der Waals surface area (Å²) >= 11 is 8.75. The van der Waals surface area contributed by atoms with E-state index in [4.69, 9.17) is 11.6 Å². The lowest BCUT2D eigenvalue weighted by Gasteiger charge is -2.20. The summed E-state index contributed by atoms with van der Waals surface area (Å²) in [5.41, 5.74) is 1.11. The average Bonchev–Trinajstić information content (AvgIpc) is 2.29. The standard InChI is InChI=1S/C11H12BrClF3NO2S/c1-7-3-8(5-13)4-9(10(7)12)20(18,19)17(2)6-11(14,15)16/h3-4H,5-6H2,1-2H3. The normalized spacial score (nSPS) is 13.0. The fourth-order valence-electron chi connectivity index (χ4n) is 1.58. The third-order valence-electron chi connectivity index (χ3n) is 2.53. The van der Waals surface area contributed by atoms with Crippen LogP contribution in [0.1, 0.15) is 11.1 Å². The van der Waals surface area contributed by atoms with Crippen molar-refractivity contribution in [1.82, 2.24) is 4.31 Å². The first-order chi connectivity index (χ1) is 8.99. The van der Waals surface area contributed by atoms with Crippen LogP contribution in [0.2, 0.25) is 0 Å². The van der Waals surface area contributed by atoms with Gasteiger partial charge < -0.3 is 0 Å². The lowest BCUT2D eigenvalue weighted by molar-refractivity contribution is -0.134. The van der Waals surface area contributed by atoms with E-state index in [1.807, 2.05) is 0 Å². The van der Waals surface area contributed by atoms with E-state index in [9.17, 15) is 21.6 Å². The zero-order valence-electron chi connectivity index (χ0n) is 10.6. The summed E-state index contributed by atoms with van der Waals surface area (Å²) in [6.45, 7) is 0.0921. The predicted octanol–water partition coefficient (Wildman–Crippen LogP) is 3.68. The molecule has 0 heterocycles. The number of hydrogen-bond acceptors (Lipinski definition) is 2. The second-order valence-electron chi connectivity index (χ2n) is 4.23. The highest BCUT2D eigenvalue weighted by Crippen LogP contribution is 2.31. The van der Waals surface area contributed by atoms with Gasteiger partial charge in [-0.15, -0.1) is 11.6 Å². The van der Waals surface area contributed by atoms with E-state index in [1.165, 1.54) is 6.07 Å². The van der Waals surface area contributed by atoms with Crippen molar-refractivity contribution in [1.29, 1.82) is 0 Å². The Morgan fingerprint density at radius 2 is 1.90 bits per heavy atom. The van der Waals surface area contributed by atoms with Crippen molar-refractivity contribution in [3.8, 4) is 0 Å². The van der Waals surface area contributed by atoms with Crippen LogP contribution in [0.4, 0.5) is 13.2 Å². The fraction of sp³-hybridized carbons (Fsp3) is 0.455. The predicted molar refractivity (Wildman–Crippen MR) is 74.3 cm³/mol. The third kappa shape index (κ3) is 4.09. The molecular formula is C11H12BrClF3NO2S. The minimum atomic E-state index is -4.60. The Balaban J connectivity index is 3.32. The lowest BCUT2D eigenvalue weighted by Crippen LogP contribution is -2.36. The van der Waals surface area contributed by atoms with Gasteiger partial charge in [-0.05, 0) is 40.0 Å². The monoisotopic (exact) mass is 393 g/mol. The molecule has 0 aliphatic rings. The second-order valence-corrected chi connectivity index (χ2v) is 7.31. The van der Waals surface area contributed by atoms with Gasteiger partial charge in [0.1, 0.15) is 6.54 Å². The summed E-state index contributed by atoms with van der Waals surface area (Å²) in [4.78, 5) is -0.222. The van der Waals surface area contributed by atoms with Crippen molar-refractivity contribution in [2.24, 2.45) is 0 Å². The highest BCUT2D eigenvalue weighted by atomic mass is 79.9. The summed E-state index contributed by atoms with van der Waals surface area (Å²) in [7, 11) is -3.36. The van der Waals surface area contributed by atoms with Gasteiger partial charge >= 0.3 is 6.18 Å². The Hall–Kier alpha value is -0.310. The molecule has 0 saturated heterocycles. The molecule has 20 heavy (non-hydrogen) atoms. The average molecular weight is 395 g/mol. The van der Waals surface area contributed by atoms with Crippen LogP contribution in [0.25, 0.3) is 0 Å². The maximum atomic E-state index is 12.3. The summed E-state index contributed by atoms with van der Waals surface area (Å²) in [5.74, 6) is 0.0691. The zero-order valence-corrected chi connectivity index (χ0v) is 13.8. The molecule has 0 bridgehead atoms. The molecule has 0 atom stereocenters. The number of rotatable bonds is 4. The van der Waals surface area contributed by atoms with Crippen LogP contribution in [0.5, 0.6) is 0 Å². The second kappa shape index (κ2) is 6.21. The maximum Gasteiger partial charge on any atom is 0.402 e. The Morgan fingerprint density at radius 3 is 2.35 bits per heavy atom. The van der Waals surface area contributed by atoms with E-state index >= 15 is 0 Å². The quantitative estimate of drug-likeness (QED) is 0.731. The summed E-state index contributed by atoms with van der Waals surface area (Å²) in [6.07, 6.45) is -4.60. The Kier molecular flexibility index (Phi) is 5.51. The van der Waals surface area contributed by atoms with Crippen LogP contribution >= 0.6 is 27.5 Å². The topological polar surface area (TPSA) is 37.4 Å². The molecule has 0 N–H and O–H groups in total. The zero-order chi connectivity index (χ0) is 15.7. The van der Waals surface area contributed by atoms with E-state index in [-0.39, 0.29) is 19.6 Å².